The van der Waals surface area contributed by atoms with Crippen LogP contribution in [0.15, 0.2) is 54.6 Å². The number of amides is 3. The van der Waals surface area contributed by atoms with Crippen molar-refractivity contribution in [2.24, 2.45) is 11.8 Å². The first-order valence-corrected chi connectivity index (χ1v) is 12.4. The predicted molar refractivity (Wildman–Crippen MR) is 137 cm³/mol. The first-order valence-electron chi connectivity index (χ1n) is 11.3. The highest BCUT2D eigenvalue weighted by Crippen LogP contribution is 2.13. The van der Waals surface area contributed by atoms with Gasteiger partial charge in [-0.05, 0) is 47.9 Å². The minimum Gasteiger partial charge on any atom is -0.480 e. The van der Waals surface area contributed by atoms with Crippen LogP contribution in [0.2, 0.25) is 0 Å². The second-order valence-electron chi connectivity index (χ2n) is 8.78. The van der Waals surface area contributed by atoms with E-state index in [2.05, 4.69) is 17.2 Å². The number of nitrogens with zero attached hydrogens (tertiary/aromatic N) is 1. The number of carbonyl (C=O) groups excluding carboxylic acids is 2. The molecule has 1 atom stereocenters. The van der Waals surface area contributed by atoms with Gasteiger partial charge in [-0.1, -0.05) is 63.8 Å². The van der Waals surface area contributed by atoms with Gasteiger partial charge in [0.15, 0.2) is 0 Å². The van der Waals surface area contributed by atoms with Gasteiger partial charge in [0.2, 0.25) is 0 Å². The van der Waals surface area contributed by atoms with Crippen molar-refractivity contribution in [3.63, 3.8) is 0 Å². The van der Waals surface area contributed by atoms with E-state index in [4.69, 9.17) is 0 Å². The van der Waals surface area contributed by atoms with Crippen LogP contribution in [-0.2, 0) is 4.79 Å². The van der Waals surface area contributed by atoms with Gasteiger partial charge in [-0.3, -0.25) is 9.69 Å². The first-order chi connectivity index (χ1) is 16.2. The number of hydrogen-bond acceptors (Lipinski definition) is 4. The molecule has 0 saturated carbocycles. The van der Waals surface area contributed by atoms with E-state index < -0.39 is 23.9 Å². The SMILES string of the molecule is CC(C)CSC[C@H](NC(=O)N(CC(C)C)C(=O)c1cccc(C#Cc2ccccc2)c1)C(=O)O. The maximum absolute atomic E-state index is 13.3. The standard InChI is InChI=1S/C27H32N2O4S/c1-19(2)16-29(27(33)28-24(26(31)32)18-34-17-20(3)4)25(30)23-12-8-11-22(15-23)14-13-21-9-6-5-7-10-21/h5-12,15,19-20,24H,16-18H2,1-4H3,(H,28,33)(H,31,32)/t24-/m0/s1. The van der Waals surface area contributed by atoms with E-state index in [-0.39, 0.29) is 18.2 Å². The molecule has 2 aromatic carbocycles. The molecule has 0 saturated heterocycles. The third kappa shape index (κ3) is 8.95. The number of hydrogen-bond donors (Lipinski definition) is 2. The summed E-state index contributed by atoms with van der Waals surface area (Å²) in [6.07, 6.45) is 0. The Kier molecular flexibility index (Phi) is 10.7. The van der Waals surface area contributed by atoms with Crippen molar-refractivity contribution in [2.45, 2.75) is 33.7 Å². The molecule has 7 heteroatoms. The number of aliphatic carboxylic acids is 1. The van der Waals surface area contributed by atoms with Crippen LogP contribution < -0.4 is 5.32 Å². The van der Waals surface area contributed by atoms with Gasteiger partial charge < -0.3 is 10.4 Å². The summed E-state index contributed by atoms with van der Waals surface area (Å²) in [4.78, 5) is 39.0. The Labute approximate surface area is 206 Å². The van der Waals surface area contributed by atoms with Crippen molar-refractivity contribution < 1.29 is 19.5 Å². The third-order valence-electron chi connectivity index (χ3n) is 4.60. The van der Waals surface area contributed by atoms with Crippen LogP contribution in [0.5, 0.6) is 0 Å². The highest BCUT2D eigenvalue weighted by atomic mass is 32.2. The lowest BCUT2D eigenvalue weighted by Gasteiger charge is -2.25. The molecule has 3 amide bonds. The van der Waals surface area contributed by atoms with Gasteiger partial charge in [0, 0.05) is 29.0 Å². The molecule has 180 valence electrons. The molecular weight excluding hydrogens is 448 g/mol. The largest absolute Gasteiger partial charge is 0.480 e. The van der Waals surface area contributed by atoms with Crippen molar-refractivity contribution in [1.82, 2.24) is 10.2 Å². The van der Waals surface area contributed by atoms with Crippen LogP contribution in [0.3, 0.4) is 0 Å². The number of carbonyl (C=O) groups is 3. The average Bonchev–Trinajstić information content (AvgIpc) is 2.80. The number of nitrogens with one attached hydrogen (secondary N) is 1. The van der Waals surface area contributed by atoms with Crippen molar-refractivity contribution in [2.75, 3.05) is 18.1 Å². The first kappa shape index (κ1) is 27.0. The van der Waals surface area contributed by atoms with Gasteiger partial charge in [-0.2, -0.15) is 11.8 Å². The second-order valence-corrected chi connectivity index (χ2v) is 9.85. The Morgan fingerprint density at radius 3 is 2.18 bits per heavy atom. The predicted octanol–water partition coefficient (Wildman–Crippen LogP) is 4.74. The summed E-state index contributed by atoms with van der Waals surface area (Å²) >= 11 is 1.46. The quantitative estimate of drug-likeness (QED) is 0.507. The lowest BCUT2D eigenvalue weighted by atomic mass is 10.1. The Morgan fingerprint density at radius 2 is 1.56 bits per heavy atom. The normalized spacial score (nSPS) is 11.5. The van der Waals surface area contributed by atoms with Crippen LogP contribution in [0.1, 0.15) is 49.2 Å². The molecule has 2 N–H and O–H groups in total. The fourth-order valence-corrected chi connectivity index (χ4v) is 4.07. The number of rotatable bonds is 9. The highest BCUT2D eigenvalue weighted by Gasteiger charge is 2.28. The number of thioether (sulfide) groups is 1. The Morgan fingerprint density at radius 1 is 0.912 bits per heavy atom. The van der Waals surface area contributed by atoms with Gasteiger partial charge in [0.05, 0.1) is 0 Å². The molecule has 0 bridgehead atoms. The number of benzene rings is 2. The minimum absolute atomic E-state index is 0.00866. The van der Waals surface area contributed by atoms with E-state index in [1.807, 2.05) is 58.0 Å². The van der Waals surface area contributed by atoms with Gasteiger partial charge in [-0.15, -0.1) is 0 Å². The van der Waals surface area contributed by atoms with E-state index in [0.29, 0.717) is 17.0 Å². The Bertz CT molecular complexity index is 1040. The molecule has 0 fully saturated rings. The topological polar surface area (TPSA) is 86.7 Å². The van der Waals surface area contributed by atoms with Crippen LogP contribution in [0, 0.1) is 23.7 Å². The molecule has 0 unspecified atom stereocenters. The van der Waals surface area contributed by atoms with Gasteiger partial charge in [0.25, 0.3) is 5.91 Å². The Hall–Kier alpha value is -3.24. The lowest BCUT2D eigenvalue weighted by Crippen LogP contribution is -2.52. The molecular formula is C27H32N2O4S. The molecule has 0 radical (unpaired) electrons. The molecule has 2 rings (SSSR count). The van der Waals surface area contributed by atoms with Crippen LogP contribution in [-0.4, -0.2) is 52.0 Å². The van der Waals surface area contributed by atoms with Crippen molar-refractivity contribution in [1.29, 1.82) is 0 Å². The number of urea groups is 1. The van der Waals surface area contributed by atoms with Gasteiger partial charge >= 0.3 is 12.0 Å². The summed E-state index contributed by atoms with van der Waals surface area (Å²) < 4.78 is 0. The molecule has 0 spiro atoms. The van der Waals surface area contributed by atoms with Crippen molar-refractivity contribution >= 4 is 29.7 Å². The van der Waals surface area contributed by atoms with Crippen molar-refractivity contribution in [3.05, 3.63) is 71.3 Å². The minimum atomic E-state index is -1.13. The summed E-state index contributed by atoms with van der Waals surface area (Å²) in [6.45, 7) is 8.03. The zero-order valence-electron chi connectivity index (χ0n) is 20.1. The third-order valence-corrected chi connectivity index (χ3v) is 6.08. The summed E-state index contributed by atoms with van der Waals surface area (Å²) in [5, 5.41) is 12.1. The molecule has 0 aromatic heterocycles. The number of imide groups is 1. The maximum atomic E-state index is 13.3. The summed E-state index contributed by atoms with van der Waals surface area (Å²) in [5.41, 5.74) is 1.82. The van der Waals surface area contributed by atoms with Crippen LogP contribution in [0.4, 0.5) is 4.79 Å². The molecule has 0 aliphatic carbocycles. The van der Waals surface area contributed by atoms with Crippen LogP contribution in [0.25, 0.3) is 0 Å². The van der Waals surface area contributed by atoms with E-state index in [1.165, 1.54) is 11.8 Å². The van der Waals surface area contributed by atoms with E-state index in [1.54, 1.807) is 24.3 Å². The zero-order chi connectivity index (χ0) is 25.1. The molecule has 34 heavy (non-hydrogen) atoms. The molecule has 0 heterocycles. The zero-order valence-corrected chi connectivity index (χ0v) is 20.9. The van der Waals surface area contributed by atoms with E-state index in [9.17, 15) is 19.5 Å². The molecule has 0 aliphatic heterocycles. The fraction of sp³-hybridized carbons (Fsp3) is 0.370. The summed E-state index contributed by atoms with van der Waals surface area (Å²) in [5.74, 6) is 5.91. The smallest absolute Gasteiger partial charge is 0.327 e. The molecule has 0 aliphatic rings. The van der Waals surface area contributed by atoms with Crippen LogP contribution >= 0.6 is 11.8 Å². The Balaban J connectivity index is 2.20. The van der Waals surface area contributed by atoms with Gasteiger partial charge in [0.1, 0.15) is 6.04 Å². The molecule has 2 aromatic rings. The maximum Gasteiger partial charge on any atom is 0.327 e. The number of carboxylic acid groups (broad SMARTS) is 1. The van der Waals surface area contributed by atoms with E-state index >= 15 is 0 Å². The number of carboxylic acids is 1. The molecule has 6 nitrogen and oxygen atoms in total. The van der Waals surface area contributed by atoms with E-state index in [0.717, 1.165) is 16.2 Å². The average molecular weight is 481 g/mol. The highest BCUT2D eigenvalue weighted by molar-refractivity contribution is 7.99. The summed E-state index contributed by atoms with van der Waals surface area (Å²) in [6, 6.07) is 14.5. The fourth-order valence-electron chi connectivity index (χ4n) is 3.00. The lowest BCUT2D eigenvalue weighted by molar-refractivity contribution is -0.138. The monoisotopic (exact) mass is 480 g/mol. The second kappa shape index (κ2) is 13.5. The van der Waals surface area contributed by atoms with Crippen molar-refractivity contribution in [3.8, 4) is 11.8 Å². The van der Waals surface area contributed by atoms with Gasteiger partial charge in [-0.25, -0.2) is 9.59 Å². The summed E-state index contributed by atoms with van der Waals surface area (Å²) in [7, 11) is 0.